The molecule has 1 unspecified atom stereocenters. The van der Waals surface area contributed by atoms with Crippen LogP contribution in [-0.2, 0) is 0 Å². The maximum Gasteiger partial charge on any atom is 0.317 e. The molecule has 10 heteroatoms. The van der Waals surface area contributed by atoms with Crippen LogP contribution in [0.3, 0.4) is 0 Å². The monoisotopic (exact) mass is 459 g/mol. The number of nitrogens with zero attached hydrogens (tertiary/aromatic N) is 4. The molecule has 2 amide bonds. The SMILES string of the molecule is O=C(NCC1CC1)N1CCCC[C@@H]1CNc1nc(-c2c[nH]c3c2=CC(Cl)CN=3)ncc1F. The largest absolute Gasteiger partial charge is 0.365 e. The van der Waals surface area contributed by atoms with Gasteiger partial charge in [0.1, 0.15) is 5.49 Å². The number of hydrogen-bond donors (Lipinski definition) is 3. The number of halogens is 2. The molecule has 170 valence electrons. The second-order valence-electron chi connectivity index (χ2n) is 8.73. The molecule has 3 N–H and O–H groups in total. The van der Waals surface area contributed by atoms with Crippen molar-refractivity contribution in [2.45, 2.75) is 43.5 Å². The Morgan fingerprint density at radius 2 is 2.16 bits per heavy atom. The number of aromatic amines is 1. The lowest BCUT2D eigenvalue weighted by atomic mass is 10.0. The van der Waals surface area contributed by atoms with Crippen molar-refractivity contribution in [1.29, 1.82) is 0 Å². The third-order valence-corrected chi connectivity index (χ3v) is 6.55. The molecule has 1 aliphatic carbocycles. The first kappa shape index (κ1) is 21.2. The van der Waals surface area contributed by atoms with Crippen LogP contribution in [0.15, 0.2) is 17.4 Å². The third kappa shape index (κ3) is 4.57. The lowest BCUT2D eigenvalue weighted by molar-refractivity contribution is 0.155. The molecule has 4 heterocycles. The van der Waals surface area contributed by atoms with Crippen molar-refractivity contribution in [3.8, 4) is 11.4 Å². The summed E-state index contributed by atoms with van der Waals surface area (Å²) in [5, 5.41) is 6.80. The zero-order valence-electron chi connectivity index (χ0n) is 17.8. The summed E-state index contributed by atoms with van der Waals surface area (Å²) < 4.78 is 14.5. The zero-order valence-corrected chi connectivity index (χ0v) is 18.5. The minimum Gasteiger partial charge on any atom is -0.365 e. The van der Waals surface area contributed by atoms with Gasteiger partial charge in [-0.15, -0.1) is 11.6 Å². The number of carbonyl (C=O) groups excluding carboxylic acids is 1. The van der Waals surface area contributed by atoms with Gasteiger partial charge in [-0.1, -0.05) is 6.08 Å². The van der Waals surface area contributed by atoms with Crippen molar-refractivity contribution in [2.24, 2.45) is 10.9 Å². The van der Waals surface area contributed by atoms with Crippen LogP contribution in [0.4, 0.5) is 15.0 Å². The summed E-state index contributed by atoms with van der Waals surface area (Å²) in [6, 6.07) is -0.0361. The molecule has 0 bridgehead atoms. The van der Waals surface area contributed by atoms with E-state index in [-0.39, 0.29) is 23.3 Å². The summed E-state index contributed by atoms with van der Waals surface area (Å²) in [6.45, 7) is 2.40. The average molecular weight is 460 g/mol. The topological polar surface area (TPSA) is 98.3 Å². The van der Waals surface area contributed by atoms with Gasteiger partial charge in [0.2, 0.25) is 0 Å². The maximum atomic E-state index is 14.5. The first-order chi connectivity index (χ1) is 15.6. The zero-order chi connectivity index (χ0) is 22.1. The summed E-state index contributed by atoms with van der Waals surface area (Å²) >= 11 is 6.22. The van der Waals surface area contributed by atoms with Gasteiger partial charge in [-0.05, 0) is 38.0 Å². The molecule has 0 spiro atoms. The van der Waals surface area contributed by atoms with E-state index in [1.165, 1.54) is 19.0 Å². The van der Waals surface area contributed by atoms with Crippen molar-refractivity contribution in [1.82, 2.24) is 25.2 Å². The molecule has 32 heavy (non-hydrogen) atoms. The molecule has 8 nitrogen and oxygen atoms in total. The molecule has 2 atom stereocenters. The average Bonchev–Trinajstić information content (AvgIpc) is 3.55. The van der Waals surface area contributed by atoms with Gasteiger partial charge in [-0.25, -0.2) is 19.2 Å². The van der Waals surface area contributed by atoms with E-state index in [2.05, 4.69) is 30.6 Å². The predicted octanol–water partition coefficient (Wildman–Crippen LogP) is 2.02. The Morgan fingerprint density at radius 3 is 3.00 bits per heavy atom. The summed E-state index contributed by atoms with van der Waals surface area (Å²) in [6.07, 6.45) is 10.2. The Labute approximate surface area is 190 Å². The third-order valence-electron chi connectivity index (χ3n) is 6.29. The van der Waals surface area contributed by atoms with Gasteiger partial charge < -0.3 is 20.5 Å². The van der Waals surface area contributed by atoms with Crippen LogP contribution in [0.1, 0.15) is 32.1 Å². The Bertz CT molecular complexity index is 1120. The van der Waals surface area contributed by atoms with Crippen molar-refractivity contribution < 1.29 is 9.18 Å². The van der Waals surface area contributed by atoms with E-state index in [0.717, 1.165) is 48.6 Å². The van der Waals surface area contributed by atoms with Crippen LogP contribution in [0.5, 0.6) is 0 Å². The van der Waals surface area contributed by atoms with Gasteiger partial charge in [0, 0.05) is 36.6 Å². The first-order valence-electron chi connectivity index (χ1n) is 11.3. The fourth-order valence-corrected chi connectivity index (χ4v) is 4.49. The van der Waals surface area contributed by atoms with E-state index in [0.29, 0.717) is 24.8 Å². The van der Waals surface area contributed by atoms with Crippen molar-refractivity contribution in [3.05, 3.63) is 28.9 Å². The van der Waals surface area contributed by atoms with Crippen molar-refractivity contribution in [2.75, 3.05) is 31.5 Å². The molecule has 5 rings (SSSR count). The van der Waals surface area contributed by atoms with Gasteiger partial charge >= 0.3 is 6.03 Å². The van der Waals surface area contributed by atoms with Crippen molar-refractivity contribution in [3.63, 3.8) is 0 Å². The highest BCUT2D eigenvalue weighted by molar-refractivity contribution is 6.24. The van der Waals surface area contributed by atoms with E-state index in [1.807, 2.05) is 11.0 Å². The van der Waals surface area contributed by atoms with E-state index in [4.69, 9.17) is 11.6 Å². The molecule has 2 aromatic heterocycles. The number of fused-ring (bicyclic) bond motifs is 1. The molecular formula is C22H27ClFN7O. The first-order valence-corrected chi connectivity index (χ1v) is 11.7. The standard InChI is InChI=1S/C22H27ClFN7O/c23-14-7-16-17(11-27-19(16)25-9-14)20-28-12-18(24)21(30-20)26-10-15-3-1-2-6-31(15)22(32)29-8-13-4-5-13/h7,11-15H,1-6,8-10H2,(H,25,27)(H,29,32)(H,26,28,30)/t14?,15-/m1/s1. The second-order valence-corrected chi connectivity index (χ2v) is 9.29. The number of likely N-dealkylation sites (tertiary alicyclic amines) is 1. The maximum absolute atomic E-state index is 14.5. The van der Waals surface area contributed by atoms with Gasteiger partial charge in [0.05, 0.1) is 24.2 Å². The van der Waals surface area contributed by atoms with Crippen LogP contribution >= 0.6 is 11.6 Å². The second kappa shape index (κ2) is 9.05. The summed E-state index contributed by atoms with van der Waals surface area (Å²) in [4.78, 5) is 30.6. The number of H-pyrrole nitrogens is 1. The smallest absolute Gasteiger partial charge is 0.317 e. The Balaban J connectivity index is 1.31. The van der Waals surface area contributed by atoms with E-state index < -0.39 is 5.82 Å². The molecule has 0 aromatic carbocycles. The number of rotatable bonds is 6. The summed E-state index contributed by atoms with van der Waals surface area (Å²) in [5.41, 5.74) is 1.46. The van der Waals surface area contributed by atoms with Gasteiger partial charge in [0.25, 0.3) is 0 Å². The lowest BCUT2D eigenvalue weighted by Crippen LogP contribution is -2.51. The number of amides is 2. The highest BCUT2D eigenvalue weighted by atomic mass is 35.5. The van der Waals surface area contributed by atoms with Gasteiger partial charge in [0.15, 0.2) is 17.5 Å². The minimum atomic E-state index is -0.525. The Morgan fingerprint density at radius 1 is 1.28 bits per heavy atom. The van der Waals surface area contributed by atoms with Crippen LogP contribution in [-0.4, -0.2) is 63.5 Å². The van der Waals surface area contributed by atoms with Crippen molar-refractivity contribution >= 4 is 29.5 Å². The van der Waals surface area contributed by atoms with E-state index in [9.17, 15) is 9.18 Å². The quantitative estimate of drug-likeness (QED) is 0.575. The van der Waals surface area contributed by atoms with Crippen LogP contribution in [0.2, 0.25) is 0 Å². The van der Waals surface area contributed by atoms with E-state index in [1.54, 1.807) is 6.20 Å². The highest BCUT2D eigenvalue weighted by Crippen LogP contribution is 2.28. The molecule has 1 saturated carbocycles. The fraction of sp³-hybridized carbons (Fsp3) is 0.545. The highest BCUT2D eigenvalue weighted by Gasteiger charge is 2.29. The fourth-order valence-electron chi connectivity index (χ4n) is 4.29. The summed E-state index contributed by atoms with van der Waals surface area (Å²) in [7, 11) is 0. The summed E-state index contributed by atoms with van der Waals surface area (Å²) in [5.74, 6) is 0.630. The van der Waals surface area contributed by atoms with Crippen LogP contribution < -0.4 is 21.3 Å². The number of anilines is 1. The lowest BCUT2D eigenvalue weighted by Gasteiger charge is -2.36. The predicted molar refractivity (Wildman–Crippen MR) is 120 cm³/mol. The molecular weight excluding hydrogens is 433 g/mol. The number of carbonyl (C=O) groups is 1. The van der Waals surface area contributed by atoms with E-state index >= 15 is 0 Å². The number of hydrogen-bond acceptors (Lipinski definition) is 5. The van der Waals surface area contributed by atoms with Gasteiger partial charge in [-0.2, -0.15) is 0 Å². The Kier molecular flexibility index (Phi) is 5.99. The number of urea groups is 1. The minimum absolute atomic E-state index is 0.00933. The molecule has 2 aromatic rings. The van der Waals surface area contributed by atoms with Gasteiger partial charge in [-0.3, -0.25) is 4.99 Å². The molecule has 0 radical (unpaired) electrons. The molecule has 2 aliphatic heterocycles. The Hall–Kier alpha value is -2.68. The van der Waals surface area contributed by atoms with Crippen LogP contribution in [0.25, 0.3) is 17.5 Å². The molecule has 1 saturated heterocycles. The number of alkyl halides is 1. The normalized spacial score (nSPS) is 22.5. The molecule has 3 aliphatic rings. The molecule has 2 fully saturated rings. The number of aromatic nitrogens is 3. The van der Waals surface area contributed by atoms with Crippen LogP contribution in [0, 0.1) is 11.7 Å². The number of nitrogens with one attached hydrogen (secondary N) is 3. The number of piperidine rings is 1.